The molecule has 6 heteroatoms. The van der Waals surface area contributed by atoms with Crippen LogP contribution in [0.4, 0.5) is 5.95 Å². The molecule has 1 aromatic carbocycles. The van der Waals surface area contributed by atoms with E-state index in [4.69, 9.17) is 9.47 Å². The van der Waals surface area contributed by atoms with Crippen LogP contribution in [0.25, 0.3) is 11.1 Å². The summed E-state index contributed by atoms with van der Waals surface area (Å²) in [4.78, 5) is 21.5. The molecule has 0 atom stereocenters. The van der Waals surface area contributed by atoms with Crippen molar-refractivity contribution >= 4 is 5.95 Å². The van der Waals surface area contributed by atoms with E-state index in [-0.39, 0.29) is 5.56 Å². The number of aromatic nitrogens is 2. The number of aromatic amines is 1. The zero-order valence-electron chi connectivity index (χ0n) is 11.8. The van der Waals surface area contributed by atoms with Gasteiger partial charge in [0, 0.05) is 19.3 Å². The summed E-state index contributed by atoms with van der Waals surface area (Å²) >= 11 is 0. The number of hydrogen-bond donors (Lipinski definition) is 1. The summed E-state index contributed by atoms with van der Waals surface area (Å²) in [5, 5.41) is 0. The Kier molecular flexibility index (Phi) is 3.87. The van der Waals surface area contributed by atoms with Crippen LogP contribution in [0.3, 0.4) is 0 Å². The third kappa shape index (κ3) is 2.90. The van der Waals surface area contributed by atoms with Gasteiger partial charge in [0.05, 0.1) is 25.9 Å². The topological polar surface area (TPSA) is 67.5 Å². The van der Waals surface area contributed by atoms with Crippen LogP contribution in [0.5, 0.6) is 5.75 Å². The molecule has 110 valence electrons. The normalized spacial score (nSPS) is 15.0. The molecule has 1 fully saturated rings. The van der Waals surface area contributed by atoms with Gasteiger partial charge in [0.1, 0.15) is 5.75 Å². The van der Waals surface area contributed by atoms with E-state index in [2.05, 4.69) is 9.97 Å². The van der Waals surface area contributed by atoms with E-state index in [1.165, 1.54) is 0 Å². The highest BCUT2D eigenvalue weighted by molar-refractivity contribution is 5.63. The van der Waals surface area contributed by atoms with Gasteiger partial charge in [-0.1, -0.05) is 12.1 Å². The quantitative estimate of drug-likeness (QED) is 0.921. The average molecular weight is 287 g/mol. The first-order valence-corrected chi connectivity index (χ1v) is 6.84. The van der Waals surface area contributed by atoms with Crippen molar-refractivity contribution in [1.82, 2.24) is 9.97 Å². The molecule has 1 aromatic heterocycles. The van der Waals surface area contributed by atoms with Gasteiger partial charge in [-0.15, -0.1) is 0 Å². The van der Waals surface area contributed by atoms with Crippen LogP contribution in [0.1, 0.15) is 0 Å². The van der Waals surface area contributed by atoms with Crippen LogP contribution < -0.4 is 15.2 Å². The maximum Gasteiger partial charge on any atom is 0.260 e. The molecule has 2 aromatic rings. The second-order valence-corrected chi connectivity index (χ2v) is 4.78. The van der Waals surface area contributed by atoms with Gasteiger partial charge in [0.2, 0.25) is 5.95 Å². The van der Waals surface area contributed by atoms with Crippen LogP contribution in [0, 0.1) is 0 Å². The van der Waals surface area contributed by atoms with E-state index >= 15 is 0 Å². The van der Waals surface area contributed by atoms with Gasteiger partial charge in [0.25, 0.3) is 5.56 Å². The molecular weight excluding hydrogens is 270 g/mol. The van der Waals surface area contributed by atoms with Crippen molar-refractivity contribution in [2.24, 2.45) is 0 Å². The van der Waals surface area contributed by atoms with Gasteiger partial charge in [-0.05, 0) is 17.7 Å². The average Bonchev–Trinajstić information content (AvgIpc) is 2.55. The Morgan fingerprint density at radius 3 is 2.86 bits per heavy atom. The van der Waals surface area contributed by atoms with Gasteiger partial charge >= 0.3 is 0 Å². The molecule has 6 nitrogen and oxygen atoms in total. The van der Waals surface area contributed by atoms with E-state index in [1.807, 2.05) is 29.2 Å². The number of ether oxygens (including phenoxy) is 2. The first-order valence-electron chi connectivity index (χ1n) is 6.84. The molecule has 1 aliphatic rings. The molecule has 21 heavy (non-hydrogen) atoms. The Bertz CT molecular complexity index is 678. The smallest absolute Gasteiger partial charge is 0.260 e. The molecule has 2 heterocycles. The summed E-state index contributed by atoms with van der Waals surface area (Å²) in [5.41, 5.74) is 1.17. The molecule has 0 spiro atoms. The van der Waals surface area contributed by atoms with Crippen LogP contribution >= 0.6 is 0 Å². The van der Waals surface area contributed by atoms with Crippen molar-refractivity contribution in [3.05, 3.63) is 40.8 Å². The summed E-state index contributed by atoms with van der Waals surface area (Å²) in [7, 11) is 1.60. The van der Waals surface area contributed by atoms with Gasteiger partial charge < -0.3 is 14.4 Å². The molecule has 0 radical (unpaired) electrons. The molecule has 1 N–H and O–H groups in total. The lowest BCUT2D eigenvalue weighted by molar-refractivity contribution is 0.122. The Morgan fingerprint density at radius 1 is 1.33 bits per heavy atom. The molecule has 0 aliphatic carbocycles. The van der Waals surface area contributed by atoms with E-state index < -0.39 is 0 Å². The molecular formula is C15H17N3O3. The standard InChI is InChI=1S/C15H17N3O3/c1-20-12-4-2-3-11(9-12)13-10-16-15(17-14(13)19)18-5-7-21-8-6-18/h2-4,9-10H,5-8H2,1H3,(H,16,17,19). The fraction of sp³-hybridized carbons (Fsp3) is 0.333. The molecule has 1 saturated heterocycles. The lowest BCUT2D eigenvalue weighted by Crippen LogP contribution is -2.38. The van der Waals surface area contributed by atoms with Crippen molar-refractivity contribution in [3.8, 4) is 16.9 Å². The molecule has 0 unspecified atom stereocenters. The van der Waals surface area contributed by atoms with Gasteiger partial charge in [-0.3, -0.25) is 9.78 Å². The zero-order valence-corrected chi connectivity index (χ0v) is 11.8. The number of benzene rings is 1. The highest BCUT2D eigenvalue weighted by Gasteiger charge is 2.14. The first kappa shape index (κ1) is 13.6. The van der Waals surface area contributed by atoms with Crippen LogP contribution in [-0.4, -0.2) is 43.4 Å². The molecule has 1 aliphatic heterocycles. The minimum atomic E-state index is -0.153. The molecule has 0 saturated carbocycles. The van der Waals surface area contributed by atoms with Crippen LogP contribution in [0.15, 0.2) is 35.3 Å². The predicted molar refractivity (Wildman–Crippen MR) is 79.9 cm³/mol. The van der Waals surface area contributed by atoms with Crippen LogP contribution in [-0.2, 0) is 4.74 Å². The van der Waals surface area contributed by atoms with E-state index in [1.54, 1.807) is 13.3 Å². The number of H-pyrrole nitrogens is 1. The predicted octanol–water partition coefficient (Wildman–Crippen LogP) is 1.28. The number of hydrogen-bond acceptors (Lipinski definition) is 5. The lowest BCUT2D eigenvalue weighted by atomic mass is 10.1. The first-order chi connectivity index (χ1) is 10.3. The van der Waals surface area contributed by atoms with Gasteiger partial charge in [-0.2, -0.15) is 0 Å². The summed E-state index contributed by atoms with van der Waals surface area (Å²) in [6, 6.07) is 7.38. The summed E-state index contributed by atoms with van der Waals surface area (Å²) < 4.78 is 10.5. The third-order valence-corrected chi connectivity index (χ3v) is 3.48. The van der Waals surface area contributed by atoms with Crippen LogP contribution in [0.2, 0.25) is 0 Å². The minimum Gasteiger partial charge on any atom is -0.497 e. The Balaban J connectivity index is 1.92. The second kappa shape index (κ2) is 5.97. The van der Waals surface area contributed by atoms with Crippen molar-refractivity contribution in [1.29, 1.82) is 0 Å². The van der Waals surface area contributed by atoms with Crippen molar-refractivity contribution in [2.45, 2.75) is 0 Å². The number of nitrogens with zero attached hydrogens (tertiary/aromatic N) is 2. The lowest BCUT2D eigenvalue weighted by Gasteiger charge is -2.27. The van der Waals surface area contributed by atoms with E-state index in [0.29, 0.717) is 30.5 Å². The van der Waals surface area contributed by atoms with Crippen molar-refractivity contribution < 1.29 is 9.47 Å². The monoisotopic (exact) mass is 287 g/mol. The fourth-order valence-corrected chi connectivity index (χ4v) is 2.32. The number of methoxy groups -OCH3 is 1. The van der Waals surface area contributed by atoms with Crippen molar-refractivity contribution in [3.63, 3.8) is 0 Å². The Hall–Kier alpha value is -2.34. The number of anilines is 1. The largest absolute Gasteiger partial charge is 0.497 e. The highest BCUT2D eigenvalue weighted by Crippen LogP contribution is 2.21. The van der Waals surface area contributed by atoms with Gasteiger partial charge in [0.15, 0.2) is 0 Å². The molecule has 0 bridgehead atoms. The van der Waals surface area contributed by atoms with Crippen molar-refractivity contribution in [2.75, 3.05) is 38.3 Å². The van der Waals surface area contributed by atoms with E-state index in [0.717, 1.165) is 18.7 Å². The third-order valence-electron chi connectivity index (χ3n) is 3.48. The summed E-state index contributed by atoms with van der Waals surface area (Å²) in [5.74, 6) is 1.30. The summed E-state index contributed by atoms with van der Waals surface area (Å²) in [6.45, 7) is 2.78. The summed E-state index contributed by atoms with van der Waals surface area (Å²) in [6.07, 6.45) is 1.61. The highest BCUT2D eigenvalue weighted by atomic mass is 16.5. The fourth-order valence-electron chi connectivity index (χ4n) is 2.32. The number of nitrogens with one attached hydrogen (secondary N) is 1. The minimum absolute atomic E-state index is 0.153. The maximum absolute atomic E-state index is 12.3. The number of morpholine rings is 1. The van der Waals surface area contributed by atoms with E-state index in [9.17, 15) is 4.79 Å². The number of rotatable bonds is 3. The van der Waals surface area contributed by atoms with Gasteiger partial charge in [-0.25, -0.2) is 4.98 Å². The maximum atomic E-state index is 12.3. The zero-order chi connectivity index (χ0) is 14.7. The Morgan fingerprint density at radius 2 is 2.14 bits per heavy atom. The second-order valence-electron chi connectivity index (χ2n) is 4.78. The molecule has 0 amide bonds. The molecule has 3 rings (SSSR count). The SMILES string of the molecule is COc1cccc(-c2cnc(N3CCOCC3)[nH]c2=O)c1. The Labute approximate surface area is 122 Å².